The van der Waals surface area contributed by atoms with Crippen LogP contribution in [0.4, 0.5) is 13.2 Å². The highest BCUT2D eigenvalue weighted by atomic mass is 19.4. The van der Waals surface area contributed by atoms with Gasteiger partial charge < -0.3 is 14.5 Å². The van der Waals surface area contributed by atoms with E-state index in [0.29, 0.717) is 5.56 Å². The van der Waals surface area contributed by atoms with Crippen LogP contribution in [0.1, 0.15) is 33.3 Å². The van der Waals surface area contributed by atoms with Crippen LogP contribution in [0.25, 0.3) is 0 Å². The number of amides is 1. The van der Waals surface area contributed by atoms with Gasteiger partial charge in [-0.05, 0) is 23.8 Å². The summed E-state index contributed by atoms with van der Waals surface area (Å²) in [6.07, 6.45) is -3.27. The molecule has 150 valence electrons. The van der Waals surface area contributed by atoms with E-state index in [2.05, 4.69) is 5.32 Å². The highest BCUT2D eigenvalue weighted by Crippen LogP contribution is 2.32. The van der Waals surface area contributed by atoms with Crippen molar-refractivity contribution in [2.75, 3.05) is 0 Å². The Morgan fingerprint density at radius 2 is 1.66 bits per heavy atom. The summed E-state index contributed by atoms with van der Waals surface area (Å²) in [5, 5.41) is 2.49. The van der Waals surface area contributed by atoms with Crippen molar-refractivity contribution < 1.29 is 31.9 Å². The third kappa shape index (κ3) is 5.04. The van der Waals surface area contributed by atoms with E-state index in [9.17, 15) is 22.8 Å². The number of halogens is 3. The van der Waals surface area contributed by atoms with Crippen LogP contribution >= 0.6 is 0 Å². The minimum atomic E-state index is -4.57. The van der Waals surface area contributed by atoms with Crippen molar-refractivity contribution in [1.82, 2.24) is 5.32 Å². The summed E-state index contributed by atoms with van der Waals surface area (Å²) < 4.78 is 49.5. The zero-order chi connectivity index (χ0) is 20.9. The molecule has 0 spiro atoms. The fourth-order valence-corrected chi connectivity index (χ4v) is 2.69. The molecule has 0 fully saturated rings. The standard InChI is InChI=1S/C21H16F3NO4/c22-21(23,24)16-10-5-4-9-15(16)13-29-20(27)18(14-7-2-1-3-8-14)25-19(26)17-11-6-12-28-17/h1-12,18H,13H2,(H,25,26). The molecular formula is C21H16F3NO4. The number of rotatable bonds is 6. The second kappa shape index (κ2) is 8.64. The molecule has 0 aliphatic rings. The SMILES string of the molecule is O=C(NC(C(=O)OCc1ccccc1C(F)(F)F)c1ccccc1)c1ccco1. The first kappa shape index (κ1) is 20.2. The molecule has 2 aromatic carbocycles. The first-order valence-corrected chi connectivity index (χ1v) is 8.57. The van der Waals surface area contributed by atoms with Crippen LogP contribution in [-0.4, -0.2) is 11.9 Å². The van der Waals surface area contributed by atoms with Crippen molar-refractivity contribution in [1.29, 1.82) is 0 Å². The van der Waals surface area contributed by atoms with Crippen molar-refractivity contribution >= 4 is 11.9 Å². The maximum atomic E-state index is 13.1. The van der Waals surface area contributed by atoms with E-state index in [1.165, 1.54) is 36.6 Å². The van der Waals surface area contributed by atoms with E-state index >= 15 is 0 Å². The monoisotopic (exact) mass is 403 g/mol. The van der Waals surface area contributed by atoms with E-state index in [1.807, 2.05) is 0 Å². The lowest BCUT2D eigenvalue weighted by molar-refractivity contribution is -0.149. The molecule has 1 unspecified atom stereocenters. The van der Waals surface area contributed by atoms with Crippen LogP contribution in [0.15, 0.2) is 77.4 Å². The number of benzene rings is 2. The molecule has 8 heteroatoms. The van der Waals surface area contributed by atoms with Crippen molar-refractivity contribution in [2.45, 2.75) is 18.8 Å². The number of esters is 1. The molecule has 1 aromatic heterocycles. The van der Waals surface area contributed by atoms with Crippen LogP contribution < -0.4 is 5.32 Å². The highest BCUT2D eigenvalue weighted by molar-refractivity contribution is 5.94. The largest absolute Gasteiger partial charge is 0.459 e. The van der Waals surface area contributed by atoms with Crippen LogP contribution in [0, 0.1) is 0 Å². The number of alkyl halides is 3. The second-order valence-corrected chi connectivity index (χ2v) is 6.06. The molecule has 0 bridgehead atoms. The maximum absolute atomic E-state index is 13.1. The van der Waals surface area contributed by atoms with Gasteiger partial charge in [0.05, 0.1) is 11.8 Å². The van der Waals surface area contributed by atoms with Crippen molar-refractivity contribution in [3.8, 4) is 0 Å². The van der Waals surface area contributed by atoms with E-state index in [4.69, 9.17) is 9.15 Å². The Labute approximate surface area is 164 Å². The molecule has 1 N–H and O–H groups in total. The normalized spacial score (nSPS) is 12.2. The van der Waals surface area contributed by atoms with Gasteiger partial charge in [0.25, 0.3) is 5.91 Å². The molecule has 3 rings (SSSR count). The quantitative estimate of drug-likeness (QED) is 0.615. The van der Waals surface area contributed by atoms with Gasteiger partial charge in [-0.25, -0.2) is 4.79 Å². The van der Waals surface area contributed by atoms with E-state index in [1.54, 1.807) is 30.3 Å². The molecule has 3 aromatic rings. The molecule has 1 heterocycles. The average Bonchev–Trinajstić information content (AvgIpc) is 3.25. The zero-order valence-electron chi connectivity index (χ0n) is 15.0. The first-order valence-electron chi connectivity index (χ1n) is 8.57. The molecule has 0 aliphatic heterocycles. The summed E-state index contributed by atoms with van der Waals surface area (Å²) in [4.78, 5) is 24.9. The summed E-state index contributed by atoms with van der Waals surface area (Å²) in [5.41, 5.74) is -0.650. The van der Waals surface area contributed by atoms with Gasteiger partial charge in [0.1, 0.15) is 6.61 Å². The summed E-state index contributed by atoms with van der Waals surface area (Å²) >= 11 is 0. The number of carbonyl (C=O) groups is 2. The topological polar surface area (TPSA) is 68.5 Å². The minimum absolute atomic E-state index is 0.0128. The number of carbonyl (C=O) groups excluding carboxylic acids is 2. The fourth-order valence-electron chi connectivity index (χ4n) is 2.69. The van der Waals surface area contributed by atoms with E-state index in [-0.39, 0.29) is 11.3 Å². The fraction of sp³-hybridized carbons (Fsp3) is 0.143. The molecule has 5 nitrogen and oxygen atoms in total. The van der Waals surface area contributed by atoms with Gasteiger partial charge in [-0.1, -0.05) is 48.5 Å². The Morgan fingerprint density at radius 1 is 0.966 bits per heavy atom. The summed E-state index contributed by atoms with van der Waals surface area (Å²) in [6.45, 7) is -0.589. The van der Waals surface area contributed by atoms with Crippen molar-refractivity contribution in [3.63, 3.8) is 0 Å². The zero-order valence-corrected chi connectivity index (χ0v) is 15.0. The lowest BCUT2D eigenvalue weighted by Crippen LogP contribution is -2.34. The number of nitrogens with one attached hydrogen (secondary N) is 1. The van der Waals surface area contributed by atoms with Gasteiger partial charge in [0.2, 0.25) is 0 Å². The van der Waals surface area contributed by atoms with E-state index in [0.717, 1.165) is 6.07 Å². The van der Waals surface area contributed by atoms with Crippen LogP contribution in [0.5, 0.6) is 0 Å². The van der Waals surface area contributed by atoms with Gasteiger partial charge in [0.15, 0.2) is 11.8 Å². The van der Waals surface area contributed by atoms with Crippen molar-refractivity contribution in [2.24, 2.45) is 0 Å². The van der Waals surface area contributed by atoms with Crippen LogP contribution in [-0.2, 0) is 22.3 Å². The maximum Gasteiger partial charge on any atom is 0.416 e. The Hall–Kier alpha value is -3.55. The molecule has 0 saturated heterocycles. The number of furan rings is 1. The van der Waals surface area contributed by atoms with E-state index < -0.39 is 36.3 Å². The minimum Gasteiger partial charge on any atom is -0.459 e. The molecular weight excluding hydrogens is 387 g/mol. The molecule has 29 heavy (non-hydrogen) atoms. The smallest absolute Gasteiger partial charge is 0.416 e. The number of hydrogen-bond donors (Lipinski definition) is 1. The van der Waals surface area contributed by atoms with Gasteiger partial charge in [-0.3, -0.25) is 4.79 Å². The predicted molar refractivity (Wildman–Crippen MR) is 96.6 cm³/mol. The second-order valence-electron chi connectivity index (χ2n) is 6.06. The third-order valence-electron chi connectivity index (χ3n) is 4.08. The lowest BCUT2D eigenvalue weighted by atomic mass is 10.1. The number of hydrogen-bond acceptors (Lipinski definition) is 4. The van der Waals surface area contributed by atoms with Gasteiger partial charge in [-0.15, -0.1) is 0 Å². The summed E-state index contributed by atoms with van der Waals surface area (Å²) in [5.74, 6) is -1.56. The summed E-state index contributed by atoms with van der Waals surface area (Å²) in [7, 11) is 0. The predicted octanol–water partition coefficient (Wildman–Crippen LogP) is 4.51. The highest BCUT2D eigenvalue weighted by Gasteiger charge is 2.33. The summed E-state index contributed by atoms with van der Waals surface area (Å²) in [6, 6.07) is 14.8. The van der Waals surface area contributed by atoms with Gasteiger partial charge in [-0.2, -0.15) is 13.2 Å². The van der Waals surface area contributed by atoms with Crippen molar-refractivity contribution in [3.05, 3.63) is 95.4 Å². The first-order chi connectivity index (χ1) is 13.9. The van der Waals surface area contributed by atoms with Crippen LogP contribution in [0.3, 0.4) is 0 Å². The number of ether oxygens (including phenoxy) is 1. The van der Waals surface area contributed by atoms with Gasteiger partial charge >= 0.3 is 12.1 Å². The van der Waals surface area contributed by atoms with Gasteiger partial charge in [0, 0.05) is 5.56 Å². The Morgan fingerprint density at radius 3 is 2.31 bits per heavy atom. The average molecular weight is 403 g/mol. The Balaban J connectivity index is 1.78. The Kier molecular flexibility index (Phi) is 6.01. The molecule has 0 radical (unpaired) electrons. The molecule has 0 aliphatic carbocycles. The lowest BCUT2D eigenvalue weighted by Gasteiger charge is -2.18. The Bertz CT molecular complexity index is 969. The third-order valence-corrected chi connectivity index (χ3v) is 4.08. The van der Waals surface area contributed by atoms with Crippen LogP contribution in [0.2, 0.25) is 0 Å². The molecule has 1 atom stereocenters. The molecule has 0 saturated carbocycles. The molecule has 1 amide bonds.